The maximum absolute atomic E-state index is 13.4. The van der Waals surface area contributed by atoms with Crippen molar-refractivity contribution >= 4 is 34.2 Å². The van der Waals surface area contributed by atoms with Crippen molar-refractivity contribution in [1.29, 1.82) is 0 Å². The largest absolute Gasteiger partial charge is 0.381 e. The molecule has 1 unspecified atom stereocenters. The summed E-state index contributed by atoms with van der Waals surface area (Å²) in [6, 6.07) is 5.61. The standard InChI is InChI=1S/C24H29ClN6O2/c1-4-31-23-19(13-27-31)22(29-17-7-9-18(30-33)10-8-17)20(12-26-23)24(32)28-15(3)16-6-5-14(2)21(25)11-16/h5-6,11-13,15,17-18H,4,7-10H2,1-3H3,(H,26,29)(H,28,32). The molecule has 3 aromatic rings. The molecular formula is C24H29ClN6O2. The summed E-state index contributed by atoms with van der Waals surface area (Å²) in [5.74, 6) is -0.219. The molecule has 33 heavy (non-hydrogen) atoms. The Balaban J connectivity index is 1.62. The highest BCUT2D eigenvalue weighted by Crippen LogP contribution is 2.31. The fourth-order valence-electron chi connectivity index (χ4n) is 4.35. The van der Waals surface area contributed by atoms with Crippen LogP contribution < -0.4 is 10.6 Å². The first-order valence-corrected chi connectivity index (χ1v) is 11.8. The van der Waals surface area contributed by atoms with E-state index < -0.39 is 0 Å². The van der Waals surface area contributed by atoms with Crippen molar-refractivity contribution in [3.8, 4) is 0 Å². The number of pyridine rings is 1. The van der Waals surface area contributed by atoms with Gasteiger partial charge in [0.1, 0.15) is 0 Å². The van der Waals surface area contributed by atoms with E-state index in [2.05, 4.69) is 25.9 Å². The van der Waals surface area contributed by atoms with Crippen molar-refractivity contribution in [3.63, 3.8) is 0 Å². The van der Waals surface area contributed by atoms with E-state index in [9.17, 15) is 9.70 Å². The Bertz CT molecular complexity index is 1170. The van der Waals surface area contributed by atoms with Gasteiger partial charge in [-0.05, 0) is 63.6 Å². The molecule has 0 spiro atoms. The van der Waals surface area contributed by atoms with Crippen molar-refractivity contribution in [2.45, 2.75) is 71.1 Å². The zero-order valence-corrected chi connectivity index (χ0v) is 19.9. The first-order valence-electron chi connectivity index (χ1n) is 11.4. The number of amides is 1. The van der Waals surface area contributed by atoms with E-state index >= 15 is 0 Å². The van der Waals surface area contributed by atoms with Crippen LogP contribution in [0.3, 0.4) is 0 Å². The second-order valence-electron chi connectivity index (χ2n) is 8.70. The molecule has 1 aliphatic carbocycles. The van der Waals surface area contributed by atoms with Crippen LogP contribution in [-0.4, -0.2) is 32.8 Å². The molecule has 8 nitrogen and oxygen atoms in total. The van der Waals surface area contributed by atoms with E-state index in [4.69, 9.17) is 11.6 Å². The predicted octanol–water partition coefficient (Wildman–Crippen LogP) is 5.39. The van der Waals surface area contributed by atoms with Crippen LogP contribution in [0, 0.1) is 11.8 Å². The molecule has 1 saturated carbocycles. The van der Waals surface area contributed by atoms with Crippen molar-refractivity contribution < 1.29 is 4.79 Å². The number of carbonyl (C=O) groups is 1. The number of hydrogen-bond acceptors (Lipinski definition) is 6. The minimum Gasteiger partial charge on any atom is -0.381 e. The summed E-state index contributed by atoms with van der Waals surface area (Å²) in [6.07, 6.45) is 6.50. The van der Waals surface area contributed by atoms with Crippen LogP contribution in [0.4, 0.5) is 5.69 Å². The van der Waals surface area contributed by atoms with Crippen LogP contribution in [-0.2, 0) is 6.54 Å². The van der Waals surface area contributed by atoms with Gasteiger partial charge in [0, 0.05) is 23.8 Å². The fraction of sp³-hybridized carbons (Fsp3) is 0.458. The summed E-state index contributed by atoms with van der Waals surface area (Å²) in [5, 5.41) is 15.8. The third-order valence-corrected chi connectivity index (χ3v) is 6.86. The maximum Gasteiger partial charge on any atom is 0.255 e. The molecular weight excluding hydrogens is 440 g/mol. The highest BCUT2D eigenvalue weighted by molar-refractivity contribution is 6.31. The second-order valence-corrected chi connectivity index (χ2v) is 9.11. The topological polar surface area (TPSA) is 101 Å². The van der Waals surface area contributed by atoms with Gasteiger partial charge in [0.05, 0.1) is 34.9 Å². The summed E-state index contributed by atoms with van der Waals surface area (Å²) in [5.41, 5.74) is 3.86. The molecule has 1 amide bonds. The normalized spacial score (nSPS) is 19.3. The fourth-order valence-corrected chi connectivity index (χ4v) is 4.54. The minimum absolute atomic E-state index is 0.117. The maximum atomic E-state index is 13.4. The van der Waals surface area contributed by atoms with E-state index in [-0.39, 0.29) is 24.0 Å². The second kappa shape index (κ2) is 9.87. The average molecular weight is 469 g/mol. The Morgan fingerprint density at radius 3 is 2.70 bits per heavy atom. The van der Waals surface area contributed by atoms with Gasteiger partial charge in [-0.15, -0.1) is 0 Å². The van der Waals surface area contributed by atoms with Crippen LogP contribution >= 0.6 is 11.6 Å². The lowest BCUT2D eigenvalue weighted by Crippen LogP contribution is -2.31. The number of carbonyl (C=O) groups excluding carboxylic acids is 1. The number of anilines is 1. The van der Waals surface area contributed by atoms with E-state index in [0.717, 1.165) is 53.5 Å². The van der Waals surface area contributed by atoms with Gasteiger partial charge in [0.15, 0.2) is 5.65 Å². The molecule has 2 heterocycles. The number of aryl methyl sites for hydroxylation is 2. The summed E-state index contributed by atoms with van der Waals surface area (Å²) in [7, 11) is 0. The lowest BCUT2D eigenvalue weighted by Gasteiger charge is -2.27. The number of nitrogens with zero attached hydrogens (tertiary/aromatic N) is 4. The monoisotopic (exact) mass is 468 g/mol. The molecule has 174 valence electrons. The number of halogens is 1. The first-order chi connectivity index (χ1) is 15.9. The van der Waals surface area contributed by atoms with E-state index in [1.165, 1.54) is 0 Å². The number of rotatable bonds is 7. The van der Waals surface area contributed by atoms with Crippen molar-refractivity contribution in [2.24, 2.45) is 5.18 Å². The van der Waals surface area contributed by atoms with Gasteiger partial charge < -0.3 is 10.6 Å². The van der Waals surface area contributed by atoms with Crippen molar-refractivity contribution in [2.75, 3.05) is 5.32 Å². The Kier molecular flexibility index (Phi) is 6.93. The lowest BCUT2D eigenvalue weighted by atomic mass is 9.91. The number of hydrogen-bond donors (Lipinski definition) is 2. The van der Waals surface area contributed by atoms with E-state index in [1.807, 2.05) is 43.7 Å². The number of fused-ring (bicyclic) bond motifs is 1. The quantitative estimate of drug-likeness (QED) is 0.452. The molecule has 2 aromatic heterocycles. The smallest absolute Gasteiger partial charge is 0.255 e. The Labute approximate surface area is 198 Å². The van der Waals surface area contributed by atoms with Gasteiger partial charge in [0.25, 0.3) is 5.91 Å². The molecule has 1 aromatic carbocycles. The SMILES string of the molecule is CCn1ncc2c(NC3CCC(N=O)CC3)c(C(=O)NC(C)c3ccc(C)c(Cl)c3)cnc21. The number of nitrogens with one attached hydrogen (secondary N) is 2. The van der Waals surface area contributed by atoms with Gasteiger partial charge in [0.2, 0.25) is 0 Å². The third kappa shape index (κ3) is 4.85. The Hall–Kier alpha value is -3.00. The van der Waals surface area contributed by atoms with Crippen molar-refractivity contribution in [3.05, 3.63) is 57.2 Å². The molecule has 0 aliphatic heterocycles. The number of benzene rings is 1. The summed E-state index contributed by atoms with van der Waals surface area (Å²) < 4.78 is 1.81. The summed E-state index contributed by atoms with van der Waals surface area (Å²) >= 11 is 6.28. The van der Waals surface area contributed by atoms with Crippen molar-refractivity contribution in [1.82, 2.24) is 20.1 Å². The molecule has 1 fully saturated rings. The number of nitroso groups, excluding NO2 is 1. The van der Waals surface area contributed by atoms with Gasteiger partial charge in [-0.1, -0.05) is 28.9 Å². The molecule has 0 bridgehead atoms. The zero-order chi connectivity index (χ0) is 23.5. The highest BCUT2D eigenvalue weighted by Gasteiger charge is 2.25. The van der Waals surface area contributed by atoms with Crippen LogP contribution in [0.1, 0.15) is 67.1 Å². The van der Waals surface area contributed by atoms with Crippen LogP contribution in [0.5, 0.6) is 0 Å². The van der Waals surface area contributed by atoms with Gasteiger partial charge >= 0.3 is 0 Å². The Morgan fingerprint density at radius 1 is 1.27 bits per heavy atom. The molecule has 0 saturated heterocycles. The van der Waals surface area contributed by atoms with Gasteiger partial charge in [-0.3, -0.25) is 4.79 Å². The molecule has 1 aliphatic rings. The molecule has 9 heteroatoms. The molecule has 2 N–H and O–H groups in total. The van der Waals surface area contributed by atoms with Gasteiger partial charge in [-0.2, -0.15) is 10.0 Å². The van der Waals surface area contributed by atoms with Crippen LogP contribution in [0.2, 0.25) is 5.02 Å². The highest BCUT2D eigenvalue weighted by atomic mass is 35.5. The zero-order valence-electron chi connectivity index (χ0n) is 19.1. The first kappa shape index (κ1) is 23.2. The summed E-state index contributed by atoms with van der Waals surface area (Å²) in [4.78, 5) is 28.8. The van der Waals surface area contributed by atoms with Gasteiger partial charge in [-0.25, -0.2) is 9.67 Å². The molecule has 4 rings (SSSR count). The van der Waals surface area contributed by atoms with Crippen LogP contribution in [0.25, 0.3) is 11.0 Å². The Morgan fingerprint density at radius 2 is 2.03 bits per heavy atom. The third-order valence-electron chi connectivity index (χ3n) is 6.45. The van der Waals surface area contributed by atoms with E-state index in [1.54, 1.807) is 12.4 Å². The van der Waals surface area contributed by atoms with Crippen LogP contribution in [0.15, 0.2) is 35.8 Å². The lowest BCUT2D eigenvalue weighted by molar-refractivity contribution is 0.0940. The van der Waals surface area contributed by atoms with E-state index in [0.29, 0.717) is 17.1 Å². The molecule has 1 atom stereocenters. The minimum atomic E-state index is -0.230. The summed E-state index contributed by atoms with van der Waals surface area (Å²) in [6.45, 7) is 6.57. The molecule has 0 radical (unpaired) electrons. The average Bonchev–Trinajstić information content (AvgIpc) is 3.25. The predicted molar refractivity (Wildman–Crippen MR) is 131 cm³/mol. The number of aromatic nitrogens is 3.